The van der Waals surface area contributed by atoms with E-state index < -0.39 is 0 Å². The summed E-state index contributed by atoms with van der Waals surface area (Å²) in [5.41, 5.74) is 0. The molecule has 15 heavy (non-hydrogen) atoms. The Bertz CT molecular complexity index is 423. The lowest BCUT2D eigenvalue weighted by Crippen LogP contribution is -2.08. The second-order valence-electron chi connectivity index (χ2n) is 3.46. The van der Waals surface area contributed by atoms with E-state index in [0.717, 1.165) is 11.6 Å². The van der Waals surface area contributed by atoms with Gasteiger partial charge in [-0.3, -0.25) is 4.57 Å². The van der Waals surface area contributed by atoms with E-state index in [-0.39, 0.29) is 6.10 Å². The van der Waals surface area contributed by atoms with Gasteiger partial charge >= 0.3 is 0 Å². The van der Waals surface area contributed by atoms with Gasteiger partial charge in [0.05, 0.1) is 6.10 Å². The Balaban J connectivity index is 2.38. The summed E-state index contributed by atoms with van der Waals surface area (Å²) in [5.74, 6) is 1.54. The van der Waals surface area contributed by atoms with Gasteiger partial charge in [-0.25, -0.2) is 9.97 Å². The molecule has 2 aromatic rings. The molecule has 0 saturated carbocycles. The Labute approximate surface area is 88.6 Å². The molecule has 0 radical (unpaired) electrons. The second kappa shape index (κ2) is 4.13. The van der Waals surface area contributed by atoms with Crippen molar-refractivity contribution in [2.24, 2.45) is 0 Å². The predicted octanol–water partition coefficient (Wildman–Crippen LogP) is 2.05. The van der Waals surface area contributed by atoms with E-state index in [4.69, 9.17) is 4.74 Å². The van der Waals surface area contributed by atoms with E-state index in [1.807, 2.05) is 36.7 Å². The van der Waals surface area contributed by atoms with Gasteiger partial charge in [0.1, 0.15) is 6.33 Å². The molecule has 0 atom stereocenters. The zero-order chi connectivity index (χ0) is 10.7. The third-order valence-electron chi connectivity index (χ3n) is 1.86. The first-order valence-electron chi connectivity index (χ1n) is 4.87. The highest BCUT2D eigenvalue weighted by atomic mass is 16.5. The van der Waals surface area contributed by atoms with Crippen molar-refractivity contribution in [3.8, 4) is 11.6 Å². The first-order chi connectivity index (χ1) is 7.27. The van der Waals surface area contributed by atoms with Crippen LogP contribution in [0.25, 0.3) is 5.82 Å². The number of rotatable bonds is 3. The van der Waals surface area contributed by atoms with Crippen molar-refractivity contribution in [2.45, 2.75) is 20.0 Å². The van der Waals surface area contributed by atoms with Crippen LogP contribution in [0.2, 0.25) is 0 Å². The summed E-state index contributed by atoms with van der Waals surface area (Å²) < 4.78 is 7.49. The molecule has 0 spiro atoms. The van der Waals surface area contributed by atoms with Crippen LogP contribution in [0, 0.1) is 0 Å². The maximum Gasteiger partial charge on any atom is 0.180 e. The first-order valence-corrected chi connectivity index (χ1v) is 4.87. The first kappa shape index (κ1) is 9.71. The zero-order valence-corrected chi connectivity index (χ0v) is 8.79. The molecule has 0 N–H and O–H groups in total. The van der Waals surface area contributed by atoms with Crippen LogP contribution in [0.5, 0.6) is 5.75 Å². The average Bonchev–Trinajstić information content (AvgIpc) is 2.70. The molecule has 0 aliphatic heterocycles. The number of hydrogen-bond acceptors (Lipinski definition) is 3. The zero-order valence-electron chi connectivity index (χ0n) is 8.79. The summed E-state index contributed by atoms with van der Waals surface area (Å²) in [5, 5.41) is 0. The van der Waals surface area contributed by atoms with E-state index in [2.05, 4.69) is 9.97 Å². The lowest BCUT2D eigenvalue weighted by Gasteiger charge is -2.12. The molecule has 4 nitrogen and oxygen atoms in total. The van der Waals surface area contributed by atoms with Crippen molar-refractivity contribution in [2.75, 3.05) is 0 Å². The fraction of sp³-hybridized carbons (Fsp3) is 0.273. The summed E-state index contributed by atoms with van der Waals surface area (Å²) in [4.78, 5) is 8.26. The molecule has 0 fully saturated rings. The van der Waals surface area contributed by atoms with Gasteiger partial charge in [0.15, 0.2) is 11.6 Å². The normalized spacial score (nSPS) is 10.6. The third kappa shape index (κ3) is 2.15. The lowest BCUT2D eigenvalue weighted by atomic mass is 10.4. The highest BCUT2D eigenvalue weighted by molar-refractivity contribution is 5.39. The van der Waals surface area contributed by atoms with Gasteiger partial charge in [-0.2, -0.15) is 0 Å². The second-order valence-corrected chi connectivity index (χ2v) is 3.46. The molecule has 0 saturated heterocycles. The predicted molar refractivity (Wildman–Crippen MR) is 57.1 cm³/mol. The lowest BCUT2D eigenvalue weighted by molar-refractivity contribution is 0.241. The highest BCUT2D eigenvalue weighted by Gasteiger charge is 2.07. The Kier molecular flexibility index (Phi) is 2.67. The topological polar surface area (TPSA) is 39.9 Å². The van der Waals surface area contributed by atoms with E-state index in [1.54, 1.807) is 18.7 Å². The minimum atomic E-state index is 0.136. The molecule has 4 heteroatoms. The summed E-state index contributed by atoms with van der Waals surface area (Å²) in [7, 11) is 0. The smallest absolute Gasteiger partial charge is 0.180 e. The maximum atomic E-state index is 5.66. The molecule has 0 aliphatic rings. The van der Waals surface area contributed by atoms with Crippen LogP contribution in [-0.2, 0) is 0 Å². The fourth-order valence-electron chi connectivity index (χ4n) is 1.31. The molecule has 2 rings (SSSR count). The number of ether oxygens (including phenoxy) is 1. The minimum Gasteiger partial charge on any atom is -0.487 e. The SMILES string of the molecule is CC(C)Oc1cccnc1-n1ccnc1. The van der Waals surface area contributed by atoms with E-state index in [0.29, 0.717) is 0 Å². The molecular formula is C11H13N3O. The van der Waals surface area contributed by atoms with Crippen LogP contribution in [0.1, 0.15) is 13.8 Å². The van der Waals surface area contributed by atoms with Gasteiger partial charge in [0.25, 0.3) is 0 Å². The van der Waals surface area contributed by atoms with Gasteiger partial charge in [-0.05, 0) is 26.0 Å². The largest absolute Gasteiger partial charge is 0.487 e. The average molecular weight is 203 g/mol. The van der Waals surface area contributed by atoms with Crippen molar-refractivity contribution in [1.29, 1.82) is 0 Å². The number of hydrogen-bond donors (Lipinski definition) is 0. The molecular weight excluding hydrogens is 190 g/mol. The fourth-order valence-corrected chi connectivity index (χ4v) is 1.31. The quantitative estimate of drug-likeness (QED) is 0.766. The van der Waals surface area contributed by atoms with Gasteiger partial charge in [0, 0.05) is 18.6 Å². The van der Waals surface area contributed by atoms with Crippen molar-refractivity contribution >= 4 is 0 Å². The molecule has 0 aromatic carbocycles. The van der Waals surface area contributed by atoms with Crippen LogP contribution in [-0.4, -0.2) is 20.6 Å². The summed E-state index contributed by atoms with van der Waals surface area (Å²) in [6.45, 7) is 3.98. The molecule has 0 amide bonds. The molecule has 0 bridgehead atoms. The number of nitrogens with zero attached hydrogens (tertiary/aromatic N) is 3. The van der Waals surface area contributed by atoms with E-state index >= 15 is 0 Å². The third-order valence-corrected chi connectivity index (χ3v) is 1.86. The van der Waals surface area contributed by atoms with Crippen LogP contribution in [0.3, 0.4) is 0 Å². The standard InChI is InChI=1S/C11H13N3O/c1-9(2)15-10-4-3-5-13-11(10)14-7-6-12-8-14/h3-9H,1-2H3. The van der Waals surface area contributed by atoms with E-state index in [9.17, 15) is 0 Å². The number of aromatic nitrogens is 3. The van der Waals surface area contributed by atoms with Gasteiger partial charge in [-0.1, -0.05) is 0 Å². The van der Waals surface area contributed by atoms with Gasteiger partial charge in [-0.15, -0.1) is 0 Å². The van der Waals surface area contributed by atoms with Crippen molar-refractivity contribution in [3.05, 3.63) is 37.1 Å². The van der Waals surface area contributed by atoms with Crippen molar-refractivity contribution in [1.82, 2.24) is 14.5 Å². The van der Waals surface area contributed by atoms with Crippen LogP contribution >= 0.6 is 0 Å². The van der Waals surface area contributed by atoms with Crippen molar-refractivity contribution < 1.29 is 4.74 Å². The monoisotopic (exact) mass is 203 g/mol. The Morgan fingerprint density at radius 3 is 2.87 bits per heavy atom. The summed E-state index contributed by atoms with van der Waals surface area (Å²) in [6, 6.07) is 3.76. The number of imidazole rings is 1. The van der Waals surface area contributed by atoms with E-state index in [1.165, 1.54) is 0 Å². The van der Waals surface area contributed by atoms with Gasteiger partial charge in [0.2, 0.25) is 0 Å². The molecule has 0 aliphatic carbocycles. The number of pyridine rings is 1. The van der Waals surface area contributed by atoms with Crippen LogP contribution in [0.4, 0.5) is 0 Å². The molecule has 2 aromatic heterocycles. The Morgan fingerprint density at radius 1 is 1.33 bits per heavy atom. The highest BCUT2D eigenvalue weighted by Crippen LogP contribution is 2.20. The van der Waals surface area contributed by atoms with Crippen LogP contribution in [0.15, 0.2) is 37.1 Å². The molecule has 78 valence electrons. The summed E-state index contributed by atoms with van der Waals surface area (Å²) in [6.07, 6.45) is 7.14. The molecule has 2 heterocycles. The molecule has 0 unspecified atom stereocenters. The van der Waals surface area contributed by atoms with Crippen LogP contribution < -0.4 is 4.74 Å². The van der Waals surface area contributed by atoms with Gasteiger partial charge < -0.3 is 4.74 Å². The summed E-state index contributed by atoms with van der Waals surface area (Å²) >= 11 is 0. The Morgan fingerprint density at radius 2 is 2.20 bits per heavy atom. The maximum absolute atomic E-state index is 5.66. The minimum absolute atomic E-state index is 0.136. The Hall–Kier alpha value is -1.84. The van der Waals surface area contributed by atoms with Crippen molar-refractivity contribution in [3.63, 3.8) is 0 Å².